The lowest BCUT2D eigenvalue weighted by Crippen LogP contribution is -2.26. The van der Waals surface area contributed by atoms with E-state index in [4.69, 9.17) is 5.11 Å². The van der Waals surface area contributed by atoms with Gasteiger partial charge in [0, 0.05) is 24.6 Å². The van der Waals surface area contributed by atoms with Crippen LogP contribution in [0, 0.1) is 6.92 Å². The van der Waals surface area contributed by atoms with Crippen molar-refractivity contribution in [1.82, 2.24) is 19.3 Å². The highest BCUT2D eigenvalue weighted by Crippen LogP contribution is 2.08. The summed E-state index contributed by atoms with van der Waals surface area (Å²) in [5.41, 5.74) is 0.0896. The number of aryl methyl sites for hydroxylation is 1. The maximum atomic E-state index is 12.2. The van der Waals surface area contributed by atoms with Gasteiger partial charge in [0.25, 0.3) is 5.56 Å². The van der Waals surface area contributed by atoms with Gasteiger partial charge in [0.15, 0.2) is 0 Å². The van der Waals surface area contributed by atoms with Crippen molar-refractivity contribution < 1.29 is 9.90 Å². The molecule has 0 aliphatic carbocycles. The van der Waals surface area contributed by atoms with Crippen LogP contribution in [-0.2, 0) is 0 Å². The Morgan fingerprint density at radius 1 is 1.42 bits per heavy atom. The monoisotopic (exact) mass is 262 g/mol. The molecular formula is C12H14N4O3. The van der Waals surface area contributed by atoms with Gasteiger partial charge in [-0.25, -0.2) is 14.5 Å². The molecule has 100 valence electrons. The molecule has 0 spiro atoms. The number of hydrogen-bond donors (Lipinski definition) is 1. The van der Waals surface area contributed by atoms with Crippen LogP contribution in [0.15, 0.2) is 23.4 Å². The van der Waals surface area contributed by atoms with E-state index in [1.807, 2.05) is 13.8 Å². The molecule has 0 fully saturated rings. The lowest BCUT2D eigenvalue weighted by Gasteiger charge is -2.10. The van der Waals surface area contributed by atoms with Crippen LogP contribution in [0.2, 0.25) is 0 Å². The molecule has 1 N–H and O–H groups in total. The third kappa shape index (κ3) is 2.26. The number of rotatable bonds is 3. The van der Waals surface area contributed by atoms with Crippen molar-refractivity contribution >= 4 is 5.97 Å². The Morgan fingerprint density at radius 3 is 2.63 bits per heavy atom. The molecule has 0 saturated carbocycles. The first-order valence-corrected chi connectivity index (χ1v) is 5.79. The number of hydrogen-bond acceptors (Lipinski definition) is 4. The molecule has 0 amide bonds. The van der Waals surface area contributed by atoms with Crippen LogP contribution in [0.25, 0.3) is 5.82 Å². The molecule has 0 radical (unpaired) electrons. The highest BCUT2D eigenvalue weighted by molar-refractivity contribution is 5.88. The fourth-order valence-corrected chi connectivity index (χ4v) is 1.76. The van der Waals surface area contributed by atoms with Crippen LogP contribution >= 0.6 is 0 Å². The first-order valence-electron chi connectivity index (χ1n) is 5.79. The van der Waals surface area contributed by atoms with Crippen molar-refractivity contribution in [2.75, 3.05) is 0 Å². The van der Waals surface area contributed by atoms with Crippen LogP contribution in [-0.4, -0.2) is 30.4 Å². The maximum Gasteiger partial charge on any atom is 0.339 e. The van der Waals surface area contributed by atoms with Gasteiger partial charge in [-0.3, -0.25) is 4.79 Å². The van der Waals surface area contributed by atoms with Gasteiger partial charge in [-0.05, 0) is 20.8 Å². The van der Waals surface area contributed by atoms with E-state index in [0.29, 0.717) is 5.69 Å². The lowest BCUT2D eigenvalue weighted by molar-refractivity contribution is 0.0696. The molecule has 2 heterocycles. The molecule has 0 aliphatic heterocycles. The molecule has 0 aromatic carbocycles. The lowest BCUT2D eigenvalue weighted by atomic mass is 10.3. The predicted octanol–water partition coefficient (Wildman–Crippen LogP) is 1.02. The summed E-state index contributed by atoms with van der Waals surface area (Å²) in [6.07, 6.45) is 4.38. The summed E-state index contributed by atoms with van der Waals surface area (Å²) in [5.74, 6) is -0.990. The average Bonchev–Trinajstić information content (AvgIpc) is 2.71. The van der Waals surface area contributed by atoms with E-state index in [1.54, 1.807) is 13.1 Å². The van der Waals surface area contributed by atoms with Gasteiger partial charge in [0.05, 0.1) is 5.69 Å². The first kappa shape index (κ1) is 13.0. The van der Waals surface area contributed by atoms with Gasteiger partial charge < -0.3 is 9.67 Å². The Kier molecular flexibility index (Phi) is 3.20. The van der Waals surface area contributed by atoms with Crippen molar-refractivity contribution in [3.05, 3.63) is 40.2 Å². The molecule has 0 aliphatic rings. The largest absolute Gasteiger partial charge is 0.478 e. The summed E-state index contributed by atoms with van der Waals surface area (Å²) >= 11 is 0. The third-order valence-electron chi connectivity index (χ3n) is 2.75. The average molecular weight is 262 g/mol. The number of nitrogens with zero attached hydrogens (tertiary/aromatic N) is 4. The molecule has 2 aromatic heterocycles. The van der Waals surface area contributed by atoms with E-state index in [2.05, 4.69) is 10.1 Å². The van der Waals surface area contributed by atoms with Crippen LogP contribution in [0.3, 0.4) is 0 Å². The van der Waals surface area contributed by atoms with E-state index in [-0.39, 0.29) is 23.0 Å². The highest BCUT2D eigenvalue weighted by atomic mass is 16.4. The second-order valence-corrected chi connectivity index (χ2v) is 4.43. The van der Waals surface area contributed by atoms with Crippen molar-refractivity contribution in [3.8, 4) is 5.82 Å². The Morgan fingerprint density at radius 2 is 2.11 bits per heavy atom. The molecule has 19 heavy (non-hydrogen) atoms. The zero-order chi connectivity index (χ0) is 14.2. The predicted molar refractivity (Wildman–Crippen MR) is 67.7 cm³/mol. The summed E-state index contributed by atoms with van der Waals surface area (Å²) in [6.45, 7) is 5.33. The molecule has 0 bridgehead atoms. The van der Waals surface area contributed by atoms with E-state index >= 15 is 0 Å². The minimum atomic E-state index is -1.08. The fourth-order valence-electron chi connectivity index (χ4n) is 1.76. The Bertz CT molecular complexity index is 685. The van der Waals surface area contributed by atoms with Gasteiger partial charge in [-0.2, -0.15) is 5.10 Å². The van der Waals surface area contributed by atoms with Gasteiger partial charge in [-0.1, -0.05) is 0 Å². The number of aromatic nitrogens is 4. The van der Waals surface area contributed by atoms with E-state index in [1.165, 1.54) is 21.6 Å². The molecule has 7 heteroatoms. The molecule has 0 atom stereocenters. The van der Waals surface area contributed by atoms with Crippen molar-refractivity contribution in [2.24, 2.45) is 0 Å². The van der Waals surface area contributed by atoms with Gasteiger partial charge in [-0.15, -0.1) is 0 Å². The molecule has 7 nitrogen and oxygen atoms in total. The molecule has 0 unspecified atom stereocenters. The smallest absolute Gasteiger partial charge is 0.339 e. The molecule has 2 aromatic rings. The number of carbonyl (C=O) groups is 1. The SMILES string of the molecule is Cc1nn(-c2nccn(C(C)C)c2=O)cc1C(=O)O. The summed E-state index contributed by atoms with van der Waals surface area (Å²) in [4.78, 5) is 27.1. The van der Waals surface area contributed by atoms with Crippen LogP contribution in [0.4, 0.5) is 0 Å². The number of carboxylic acid groups (broad SMARTS) is 1. The standard InChI is InChI=1S/C12H14N4O3/c1-7(2)15-5-4-13-10(11(15)17)16-6-9(12(18)19)8(3)14-16/h4-7H,1-3H3,(H,18,19). The van der Waals surface area contributed by atoms with E-state index in [0.717, 1.165) is 0 Å². The second-order valence-electron chi connectivity index (χ2n) is 4.43. The molecular weight excluding hydrogens is 248 g/mol. The van der Waals surface area contributed by atoms with Gasteiger partial charge in [0.1, 0.15) is 5.56 Å². The zero-order valence-electron chi connectivity index (χ0n) is 10.9. The van der Waals surface area contributed by atoms with Crippen molar-refractivity contribution in [2.45, 2.75) is 26.8 Å². The van der Waals surface area contributed by atoms with Crippen LogP contribution in [0.1, 0.15) is 35.9 Å². The zero-order valence-corrected chi connectivity index (χ0v) is 10.9. The quantitative estimate of drug-likeness (QED) is 0.891. The van der Waals surface area contributed by atoms with Gasteiger partial charge >= 0.3 is 5.97 Å². The van der Waals surface area contributed by atoms with E-state index < -0.39 is 5.97 Å². The maximum absolute atomic E-state index is 12.2. The van der Waals surface area contributed by atoms with E-state index in [9.17, 15) is 9.59 Å². The molecule has 0 saturated heterocycles. The minimum absolute atomic E-state index is 0.00940. The summed E-state index contributed by atoms with van der Waals surface area (Å²) in [6, 6.07) is -0.00940. The summed E-state index contributed by atoms with van der Waals surface area (Å²) in [7, 11) is 0. The number of aromatic carboxylic acids is 1. The Labute approximate surface area is 109 Å². The van der Waals surface area contributed by atoms with Crippen molar-refractivity contribution in [3.63, 3.8) is 0 Å². The second kappa shape index (κ2) is 4.68. The fraction of sp³-hybridized carbons (Fsp3) is 0.333. The summed E-state index contributed by atoms with van der Waals surface area (Å²) < 4.78 is 2.72. The minimum Gasteiger partial charge on any atom is -0.478 e. The number of carboxylic acids is 1. The Balaban J connectivity index is 2.60. The highest BCUT2D eigenvalue weighted by Gasteiger charge is 2.16. The third-order valence-corrected chi connectivity index (χ3v) is 2.75. The Hall–Kier alpha value is -2.44. The first-order chi connectivity index (χ1) is 8.91. The molecule has 2 rings (SSSR count). The van der Waals surface area contributed by atoms with Crippen LogP contribution < -0.4 is 5.56 Å². The topological polar surface area (TPSA) is 90.0 Å². The van der Waals surface area contributed by atoms with Gasteiger partial charge in [0.2, 0.25) is 5.82 Å². The summed E-state index contributed by atoms with van der Waals surface area (Å²) in [5, 5.41) is 13.0. The van der Waals surface area contributed by atoms with Crippen LogP contribution in [0.5, 0.6) is 0 Å². The normalized spacial score (nSPS) is 10.9. The van der Waals surface area contributed by atoms with Crippen molar-refractivity contribution in [1.29, 1.82) is 0 Å².